The molecule has 0 unspecified atom stereocenters. The molecule has 4 aromatic rings. The van der Waals surface area contributed by atoms with Crippen molar-refractivity contribution in [1.29, 1.82) is 0 Å². The smallest absolute Gasteiger partial charge is 0.315 e. The number of thioether (sulfide) groups is 1. The first kappa shape index (κ1) is 29.7. The number of ether oxygens (including phenoxy) is 2. The number of carbonyl (C=O) groups excluding carboxylic acids is 1. The summed E-state index contributed by atoms with van der Waals surface area (Å²) in [5.74, 6) is 0.702. The van der Waals surface area contributed by atoms with Gasteiger partial charge in [-0.15, -0.1) is 5.10 Å². The number of carbonyl (C=O) groups is 1. The summed E-state index contributed by atoms with van der Waals surface area (Å²) in [7, 11) is 1.82. The number of nitrogens with one attached hydrogen (secondary N) is 2. The van der Waals surface area contributed by atoms with Crippen LogP contribution in [-0.2, 0) is 29.7 Å². The van der Waals surface area contributed by atoms with Crippen molar-refractivity contribution >= 4 is 17.8 Å². The van der Waals surface area contributed by atoms with Crippen molar-refractivity contribution in [2.75, 3.05) is 12.3 Å². The molecule has 1 saturated heterocycles. The second-order valence-electron chi connectivity index (χ2n) is 10.3. The van der Waals surface area contributed by atoms with Crippen molar-refractivity contribution in [3.8, 4) is 11.1 Å². The summed E-state index contributed by atoms with van der Waals surface area (Å²) >= 11 is 1.55. The molecular weight excluding hydrogens is 552 g/mol. The average Bonchev–Trinajstić information content (AvgIpc) is 3.44. The molecule has 4 atom stereocenters. The van der Waals surface area contributed by atoms with Gasteiger partial charge >= 0.3 is 6.03 Å². The molecule has 0 aliphatic carbocycles. The molecule has 0 spiro atoms. The SMILES string of the molecule is CCNC(=O)NCc1cccc(-c2cccc([C@@H]3O[C@H](CSc4nnnn4C)[C@H](C)[C@H](c4ccc(CO)cc4)O3)c2)c1. The fourth-order valence-electron chi connectivity index (χ4n) is 4.94. The van der Waals surface area contributed by atoms with Gasteiger partial charge in [0.15, 0.2) is 6.29 Å². The lowest BCUT2D eigenvalue weighted by molar-refractivity contribution is -0.268. The van der Waals surface area contributed by atoms with E-state index >= 15 is 0 Å². The zero-order chi connectivity index (χ0) is 29.5. The fourth-order valence-corrected chi connectivity index (χ4v) is 5.95. The Bertz CT molecular complexity index is 1480. The Kier molecular flexibility index (Phi) is 9.85. The van der Waals surface area contributed by atoms with Gasteiger partial charge in [-0.05, 0) is 57.3 Å². The molecule has 10 nitrogen and oxygen atoms in total. The first-order chi connectivity index (χ1) is 20.4. The van der Waals surface area contributed by atoms with E-state index in [-0.39, 0.29) is 30.8 Å². The molecule has 220 valence electrons. The van der Waals surface area contributed by atoms with Gasteiger partial charge in [0.05, 0.1) is 18.8 Å². The number of rotatable bonds is 10. The Morgan fingerprint density at radius 1 is 0.976 bits per heavy atom. The highest BCUT2D eigenvalue weighted by atomic mass is 32.2. The van der Waals surface area contributed by atoms with E-state index in [1.807, 2.05) is 62.5 Å². The van der Waals surface area contributed by atoms with Gasteiger partial charge in [0.2, 0.25) is 5.16 Å². The highest BCUT2D eigenvalue weighted by molar-refractivity contribution is 7.99. The maximum atomic E-state index is 11.9. The molecule has 0 bridgehead atoms. The highest BCUT2D eigenvalue weighted by Gasteiger charge is 2.38. The van der Waals surface area contributed by atoms with E-state index in [1.54, 1.807) is 16.4 Å². The molecule has 1 aliphatic heterocycles. The van der Waals surface area contributed by atoms with Crippen molar-refractivity contribution in [2.45, 2.75) is 50.7 Å². The minimum atomic E-state index is -0.588. The highest BCUT2D eigenvalue weighted by Crippen LogP contribution is 2.43. The number of hydrogen-bond acceptors (Lipinski definition) is 8. The number of aliphatic hydroxyl groups excluding tert-OH is 1. The van der Waals surface area contributed by atoms with Crippen LogP contribution in [0, 0.1) is 5.92 Å². The Hall–Kier alpha value is -3.77. The number of aryl methyl sites for hydroxylation is 1. The molecule has 42 heavy (non-hydrogen) atoms. The predicted octanol–water partition coefficient (Wildman–Crippen LogP) is 4.77. The van der Waals surface area contributed by atoms with E-state index in [4.69, 9.17) is 9.47 Å². The number of urea groups is 1. The van der Waals surface area contributed by atoms with E-state index in [1.165, 1.54) is 0 Å². The van der Waals surface area contributed by atoms with Gasteiger partial charge in [-0.1, -0.05) is 79.3 Å². The minimum absolute atomic E-state index is 0.00587. The molecule has 0 saturated carbocycles. The maximum absolute atomic E-state index is 11.9. The number of hydrogen-bond donors (Lipinski definition) is 3. The zero-order valence-corrected chi connectivity index (χ0v) is 24.8. The van der Waals surface area contributed by atoms with Crippen molar-refractivity contribution in [3.63, 3.8) is 0 Å². The topological polar surface area (TPSA) is 123 Å². The van der Waals surface area contributed by atoms with Crippen LogP contribution in [0.15, 0.2) is 78.0 Å². The van der Waals surface area contributed by atoms with Gasteiger partial charge in [0, 0.05) is 37.4 Å². The molecule has 1 fully saturated rings. The lowest BCUT2D eigenvalue weighted by Crippen LogP contribution is -2.38. The summed E-state index contributed by atoms with van der Waals surface area (Å²) in [5.41, 5.74) is 5.87. The molecule has 1 aromatic heterocycles. The lowest BCUT2D eigenvalue weighted by atomic mass is 9.91. The van der Waals surface area contributed by atoms with Crippen LogP contribution in [0.4, 0.5) is 4.79 Å². The molecule has 1 aliphatic rings. The van der Waals surface area contributed by atoms with E-state index in [0.29, 0.717) is 18.8 Å². The summed E-state index contributed by atoms with van der Waals surface area (Å²) in [5, 5.41) is 27.7. The Morgan fingerprint density at radius 2 is 1.74 bits per heavy atom. The first-order valence-electron chi connectivity index (χ1n) is 14.0. The minimum Gasteiger partial charge on any atom is -0.392 e. The van der Waals surface area contributed by atoms with Crippen LogP contribution in [0.1, 0.15) is 48.5 Å². The van der Waals surface area contributed by atoms with Crippen LogP contribution >= 0.6 is 11.8 Å². The monoisotopic (exact) mass is 588 g/mol. The van der Waals surface area contributed by atoms with Crippen LogP contribution in [0.25, 0.3) is 11.1 Å². The largest absolute Gasteiger partial charge is 0.392 e. The maximum Gasteiger partial charge on any atom is 0.315 e. The van der Waals surface area contributed by atoms with Crippen LogP contribution in [0.2, 0.25) is 0 Å². The lowest BCUT2D eigenvalue weighted by Gasteiger charge is -2.41. The van der Waals surface area contributed by atoms with Crippen molar-refractivity contribution < 1.29 is 19.4 Å². The third kappa shape index (κ3) is 7.16. The Morgan fingerprint density at radius 3 is 2.45 bits per heavy atom. The summed E-state index contributed by atoms with van der Waals surface area (Å²) in [6, 6.07) is 24.0. The summed E-state index contributed by atoms with van der Waals surface area (Å²) in [6.07, 6.45) is -0.943. The first-order valence-corrected chi connectivity index (χ1v) is 15.0. The van der Waals surface area contributed by atoms with Gasteiger partial charge in [-0.2, -0.15) is 0 Å². The molecule has 2 heterocycles. The Labute approximate surface area is 249 Å². The van der Waals surface area contributed by atoms with E-state index in [9.17, 15) is 9.90 Å². The van der Waals surface area contributed by atoms with Crippen molar-refractivity contribution in [3.05, 3.63) is 95.1 Å². The van der Waals surface area contributed by atoms with Crippen molar-refractivity contribution in [1.82, 2.24) is 30.8 Å². The number of tetrazole rings is 1. The number of nitrogens with zero attached hydrogens (tertiary/aromatic N) is 4. The standard InChI is InChI=1S/C31H36N6O4S/c1-4-32-30(39)33-17-22-7-5-8-24(15-22)25-9-6-10-26(16-25)29-40-27(19-42-31-34-35-36-37(31)3)20(2)28(41-29)23-13-11-21(18-38)12-14-23/h5-16,20,27-29,38H,4,17-19H2,1-3H3,(H2,32,33,39)/t20-,27+,28+,29+/m0/s1. The van der Waals surface area contributed by atoms with Crippen LogP contribution in [0.3, 0.4) is 0 Å². The molecule has 3 aromatic carbocycles. The fraction of sp³-hybridized carbons (Fsp3) is 0.355. The number of benzene rings is 3. The van der Waals surface area contributed by atoms with Crippen LogP contribution in [-0.4, -0.2) is 49.7 Å². The molecule has 2 amide bonds. The number of aliphatic hydroxyl groups is 1. The summed E-state index contributed by atoms with van der Waals surface area (Å²) in [4.78, 5) is 11.9. The summed E-state index contributed by atoms with van der Waals surface area (Å²) < 4.78 is 14.9. The zero-order valence-electron chi connectivity index (χ0n) is 23.9. The third-order valence-corrected chi connectivity index (χ3v) is 8.39. The normalized spacial score (nSPS) is 20.3. The second-order valence-corrected chi connectivity index (χ2v) is 11.2. The quantitative estimate of drug-likeness (QED) is 0.226. The van der Waals surface area contributed by atoms with Gasteiger partial charge in [-0.3, -0.25) is 0 Å². The van der Waals surface area contributed by atoms with Crippen LogP contribution in [0.5, 0.6) is 0 Å². The van der Waals surface area contributed by atoms with Gasteiger partial charge < -0.3 is 25.2 Å². The number of aromatic nitrogens is 4. The van der Waals surface area contributed by atoms with E-state index < -0.39 is 6.29 Å². The molecule has 5 rings (SSSR count). The van der Waals surface area contributed by atoms with Gasteiger partial charge in [-0.25, -0.2) is 9.48 Å². The third-order valence-electron chi connectivity index (χ3n) is 7.29. The second kappa shape index (κ2) is 13.9. The van der Waals surface area contributed by atoms with Crippen molar-refractivity contribution in [2.24, 2.45) is 13.0 Å². The average molecular weight is 589 g/mol. The molecule has 3 N–H and O–H groups in total. The van der Waals surface area contributed by atoms with E-state index in [2.05, 4.69) is 57.3 Å². The van der Waals surface area contributed by atoms with Crippen LogP contribution < -0.4 is 10.6 Å². The predicted molar refractivity (Wildman–Crippen MR) is 160 cm³/mol. The number of amides is 2. The van der Waals surface area contributed by atoms with Gasteiger partial charge in [0.1, 0.15) is 0 Å². The van der Waals surface area contributed by atoms with E-state index in [0.717, 1.165) is 38.5 Å². The summed E-state index contributed by atoms with van der Waals surface area (Å²) in [6.45, 7) is 5.03. The molecule has 0 radical (unpaired) electrons. The molecular formula is C31H36N6O4S. The van der Waals surface area contributed by atoms with Gasteiger partial charge in [0.25, 0.3) is 0 Å². The molecule has 11 heteroatoms. The Balaban J connectivity index is 1.39.